The summed E-state index contributed by atoms with van der Waals surface area (Å²) in [7, 11) is 0. The Labute approximate surface area is 86.3 Å². The monoisotopic (exact) mass is 236 g/mol. The second kappa shape index (κ2) is 3.92. The van der Waals surface area contributed by atoms with Gasteiger partial charge in [-0.3, -0.25) is 4.79 Å². The molecule has 0 radical (unpaired) electrons. The van der Waals surface area contributed by atoms with Gasteiger partial charge in [0, 0.05) is 0 Å². The van der Waals surface area contributed by atoms with Crippen molar-refractivity contribution in [1.82, 2.24) is 0 Å². The molecular formula is C9H4F4O3. The van der Waals surface area contributed by atoms with Gasteiger partial charge >= 0.3 is 5.97 Å². The molecule has 0 aliphatic rings. The Morgan fingerprint density at radius 3 is 1.69 bits per heavy atom. The summed E-state index contributed by atoms with van der Waals surface area (Å²) in [5.74, 6) is -11.7. The molecule has 0 aromatic heterocycles. The minimum Gasteiger partial charge on any atom is -0.477 e. The molecule has 0 unspecified atom stereocenters. The van der Waals surface area contributed by atoms with Gasteiger partial charge in [-0.15, -0.1) is 0 Å². The third kappa shape index (κ3) is 1.64. The van der Waals surface area contributed by atoms with Crippen molar-refractivity contribution < 1.29 is 32.3 Å². The van der Waals surface area contributed by atoms with Gasteiger partial charge in [-0.2, -0.15) is 0 Å². The van der Waals surface area contributed by atoms with Crippen LogP contribution in [-0.4, -0.2) is 16.9 Å². The number of carbonyl (C=O) groups is 2. The van der Waals surface area contributed by atoms with E-state index in [9.17, 15) is 27.2 Å². The standard InChI is InChI=1S/C9H4F4O3/c1-2(14)3-5(10)4(9(15)16)7(12)8(13)6(3)11/h1H3,(H,15,16). The number of carboxylic acid groups (broad SMARTS) is 1. The Hall–Kier alpha value is -1.92. The Morgan fingerprint density at radius 1 is 0.875 bits per heavy atom. The average Bonchev–Trinajstić information content (AvgIpc) is 2.13. The van der Waals surface area contributed by atoms with Gasteiger partial charge in [0.1, 0.15) is 5.56 Å². The first-order valence-corrected chi connectivity index (χ1v) is 3.89. The van der Waals surface area contributed by atoms with E-state index in [-0.39, 0.29) is 0 Å². The fourth-order valence-corrected chi connectivity index (χ4v) is 1.13. The lowest BCUT2D eigenvalue weighted by Gasteiger charge is -2.06. The van der Waals surface area contributed by atoms with Crippen LogP contribution in [0.1, 0.15) is 27.6 Å². The predicted octanol–water partition coefficient (Wildman–Crippen LogP) is 2.14. The van der Waals surface area contributed by atoms with Crippen LogP contribution >= 0.6 is 0 Å². The largest absolute Gasteiger partial charge is 0.477 e. The number of carbonyl (C=O) groups excluding carboxylic acids is 1. The lowest BCUT2D eigenvalue weighted by molar-refractivity contribution is 0.0684. The molecule has 1 aromatic rings. The lowest BCUT2D eigenvalue weighted by atomic mass is 10.0. The van der Waals surface area contributed by atoms with Gasteiger partial charge in [0.15, 0.2) is 29.1 Å². The molecule has 0 atom stereocenters. The first kappa shape index (κ1) is 12.2. The van der Waals surface area contributed by atoms with Crippen molar-refractivity contribution in [3.63, 3.8) is 0 Å². The van der Waals surface area contributed by atoms with Crippen LogP contribution in [0.25, 0.3) is 0 Å². The van der Waals surface area contributed by atoms with Gasteiger partial charge in [-0.25, -0.2) is 22.4 Å². The fraction of sp³-hybridized carbons (Fsp3) is 0.111. The zero-order valence-corrected chi connectivity index (χ0v) is 7.78. The molecule has 0 saturated heterocycles. The van der Waals surface area contributed by atoms with Gasteiger partial charge < -0.3 is 5.11 Å². The van der Waals surface area contributed by atoms with Crippen molar-refractivity contribution in [3.8, 4) is 0 Å². The molecule has 3 nitrogen and oxygen atoms in total. The van der Waals surface area contributed by atoms with E-state index in [2.05, 4.69) is 0 Å². The lowest BCUT2D eigenvalue weighted by Crippen LogP contribution is -2.15. The van der Waals surface area contributed by atoms with E-state index in [0.717, 1.165) is 0 Å². The molecule has 1 aromatic carbocycles. The molecular weight excluding hydrogens is 232 g/mol. The molecule has 7 heteroatoms. The SMILES string of the molecule is CC(=O)c1c(F)c(F)c(F)c(C(=O)O)c1F. The Balaban J connectivity index is 3.80. The molecule has 1 rings (SSSR count). The number of rotatable bonds is 2. The van der Waals surface area contributed by atoms with Crippen LogP contribution in [0.2, 0.25) is 0 Å². The average molecular weight is 236 g/mol. The molecule has 0 aliphatic heterocycles. The van der Waals surface area contributed by atoms with Gasteiger partial charge in [-0.05, 0) is 6.92 Å². The van der Waals surface area contributed by atoms with E-state index in [0.29, 0.717) is 6.92 Å². The van der Waals surface area contributed by atoms with Crippen LogP contribution in [0.4, 0.5) is 17.6 Å². The van der Waals surface area contributed by atoms with E-state index in [1.54, 1.807) is 0 Å². The van der Waals surface area contributed by atoms with Crippen LogP contribution in [-0.2, 0) is 0 Å². The number of carboxylic acids is 1. The third-order valence-corrected chi connectivity index (χ3v) is 1.83. The van der Waals surface area contributed by atoms with Crippen LogP contribution in [0.5, 0.6) is 0 Å². The first-order valence-electron chi connectivity index (χ1n) is 3.89. The van der Waals surface area contributed by atoms with E-state index in [4.69, 9.17) is 5.11 Å². The number of hydrogen-bond donors (Lipinski definition) is 1. The summed E-state index contributed by atoms with van der Waals surface area (Å²) >= 11 is 0. The Bertz CT molecular complexity index is 455. The highest BCUT2D eigenvalue weighted by molar-refractivity contribution is 5.98. The summed E-state index contributed by atoms with van der Waals surface area (Å²) in [6.45, 7) is 0.699. The minimum atomic E-state index is -2.19. The van der Waals surface area contributed by atoms with E-state index in [1.165, 1.54) is 0 Å². The number of ketones is 1. The van der Waals surface area contributed by atoms with Crippen LogP contribution < -0.4 is 0 Å². The Morgan fingerprint density at radius 2 is 1.31 bits per heavy atom. The van der Waals surface area contributed by atoms with Crippen molar-refractivity contribution in [2.75, 3.05) is 0 Å². The summed E-state index contributed by atoms with van der Waals surface area (Å²) in [5, 5.41) is 8.39. The maximum Gasteiger partial charge on any atom is 0.341 e. The number of Topliss-reactive ketones (excluding diaryl/α,β-unsaturated/α-hetero) is 1. The highest BCUT2D eigenvalue weighted by Gasteiger charge is 2.30. The zero-order valence-electron chi connectivity index (χ0n) is 7.78. The maximum atomic E-state index is 13.2. The number of hydrogen-bond acceptors (Lipinski definition) is 2. The predicted molar refractivity (Wildman–Crippen MR) is 43.2 cm³/mol. The second-order valence-electron chi connectivity index (χ2n) is 2.87. The minimum absolute atomic E-state index is 0.699. The van der Waals surface area contributed by atoms with Crippen molar-refractivity contribution >= 4 is 11.8 Å². The molecule has 0 spiro atoms. The normalized spacial score (nSPS) is 10.3. The highest BCUT2D eigenvalue weighted by Crippen LogP contribution is 2.24. The summed E-state index contributed by atoms with van der Waals surface area (Å²) in [5.41, 5.74) is -3.10. The van der Waals surface area contributed by atoms with Crippen molar-refractivity contribution in [1.29, 1.82) is 0 Å². The highest BCUT2D eigenvalue weighted by atomic mass is 19.2. The summed E-state index contributed by atoms with van der Waals surface area (Å²) in [6, 6.07) is 0. The molecule has 0 saturated carbocycles. The van der Waals surface area contributed by atoms with Gasteiger partial charge in [0.05, 0.1) is 5.56 Å². The van der Waals surface area contributed by atoms with Crippen LogP contribution in [0.15, 0.2) is 0 Å². The molecule has 0 bridgehead atoms. The second-order valence-corrected chi connectivity index (χ2v) is 2.87. The molecule has 0 aliphatic carbocycles. The fourth-order valence-electron chi connectivity index (χ4n) is 1.13. The third-order valence-electron chi connectivity index (χ3n) is 1.83. The number of halogens is 4. The topological polar surface area (TPSA) is 54.4 Å². The molecule has 16 heavy (non-hydrogen) atoms. The van der Waals surface area contributed by atoms with Crippen molar-refractivity contribution in [3.05, 3.63) is 34.4 Å². The van der Waals surface area contributed by atoms with Gasteiger partial charge in [0.2, 0.25) is 0 Å². The molecule has 0 amide bonds. The van der Waals surface area contributed by atoms with Gasteiger partial charge in [0.25, 0.3) is 0 Å². The van der Waals surface area contributed by atoms with Crippen LogP contribution in [0, 0.1) is 23.3 Å². The summed E-state index contributed by atoms with van der Waals surface area (Å²) in [6.07, 6.45) is 0. The molecule has 1 N–H and O–H groups in total. The zero-order chi connectivity index (χ0) is 12.6. The molecule has 86 valence electrons. The van der Waals surface area contributed by atoms with Gasteiger partial charge in [-0.1, -0.05) is 0 Å². The summed E-state index contributed by atoms with van der Waals surface area (Å²) < 4.78 is 51.9. The van der Waals surface area contributed by atoms with E-state index >= 15 is 0 Å². The molecule has 0 fully saturated rings. The Kier molecular flexibility index (Phi) is 2.97. The van der Waals surface area contributed by atoms with E-state index in [1.807, 2.05) is 0 Å². The van der Waals surface area contributed by atoms with Crippen molar-refractivity contribution in [2.24, 2.45) is 0 Å². The summed E-state index contributed by atoms with van der Waals surface area (Å²) in [4.78, 5) is 21.2. The molecule has 0 heterocycles. The van der Waals surface area contributed by atoms with Crippen LogP contribution in [0.3, 0.4) is 0 Å². The first-order chi connectivity index (χ1) is 7.29. The van der Waals surface area contributed by atoms with E-state index < -0.39 is 46.1 Å². The quantitative estimate of drug-likeness (QED) is 0.370. The number of benzene rings is 1. The number of aromatic carboxylic acids is 1. The van der Waals surface area contributed by atoms with Crippen molar-refractivity contribution in [2.45, 2.75) is 6.92 Å². The maximum absolute atomic E-state index is 13.2. The smallest absolute Gasteiger partial charge is 0.341 e.